The third-order valence-corrected chi connectivity index (χ3v) is 4.49. The summed E-state index contributed by atoms with van der Waals surface area (Å²) in [6.07, 6.45) is 2.44. The highest BCUT2D eigenvalue weighted by atomic mass is 15.1. The lowest BCUT2D eigenvalue weighted by atomic mass is 9.98. The Kier molecular flexibility index (Phi) is 7.98. The Balaban J connectivity index is 2.80. The van der Waals surface area contributed by atoms with E-state index in [9.17, 15) is 0 Å². The summed E-state index contributed by atoms with van der Waals surface area (Å²) >= 11 is 0. The Bertz CT molecular complexity index is 379. The highest BCUT2D eigenvalue weighted by Gasteiger charge is 2.17. The molecule has 1 N–H and O–H groups in total. The number of likely N-dealkylation sites (N-methyl/N-ethyl adjacent to an activating group) is 2. The van der Waals surface area contributed by atoms with Gasteiger partial charge >= 0.3 is 0 Å². The van der Waals surface area contributed by atoms with Crippen LogP contribution >= 0.6 is 0 Å². The van der Waals surface area contributed by atoms with Gasteiger partial charge in [0, 0.05) is 18.6 Å². The van der Waals surface area contributed by atoms with E-state index in [-0.39, 0.29) is 0 Å². The van der Waals surface area contributed by atoms with Crippen molar-refractivity contribution in [2.45, 2.75) is 65.5 Å². The Labute approximate surface area is 131 Å². The van der Waals surface area contributed by atoms with Crippen molar-refractivity contribution in [2.75, 3.05) is 20.1 Å². The van der Waals surface area contributed by atoms with Crippen LogP contribution in [0.15, 0.2) is 24.3 Å². The van der Waals surface area contributed by atoms with Crippen molar-refractivity contribution in [1.82, 2.24) is 10.2 Å². The van der Waals surface area contributed by atoms with Crippen molar-refractivity contribution in [1.29, 1.82) is 0 Å². The molecule has 0 spiro atoms. The summed E-state index contributed by atoms with van der Waals surface area (Å²) < 4.78 is 0. The number of hydrogen-bond donors (Lipinski definition) is 1. The van der Waals surface area contributed by atoms with Gasteiger partial charge in [-0.3, -0.25) is 0 Å². The van der Waals surface area contributed by atoms with Crippen LogP contribution < -0.4 is 5.32 Å². The predicted octanol–water partition coefficient (Wildman–Crippen LogP) is 4.58. The van der Waals surface area contributed by atoms with Crippen LogP contribution in [0.25, 0.3) is 0 Å². The van der Waals surface area contributed by atoms with Crippen LogP contribution in [-0.2, 0) is 0 Å². The minimum Gasteiger partial charge on any atom is -0.309 e. The molecule has 2 nitrogen and oxygen atoms in total. The van der Waals surface area contributed by atoms with Gasteiger partial charge in [0.15, 0.2) is 0 Å². The molecule has 0 aromatic heterocycles. The topological polar surface area (TPSA) is 15.3 Å². The van der Waals surface area contributed by atoms with E-state index in [1.54, 1.807) is 0 Å². The minimum atomic E-state index is 0.418. The lowest BCUT2D eigenvalue weighted by molar-refractivity contribution is 0.206. The Morgan fingerprint density at radius 2 is 1.48 bits per heavy atom. The monoisotopic (exact) mass is 290 g/mol. The first-order valence-corrected chi connectivity index (χ1v) is 8.56. The molecule has 0 radical (unpaired) electrons. The lowest BCUT2D eigenvalue weighted by Gasteiger charge is -2.31. The fourth-order valence-corrected chi connectivity index (χ4v) is 3.00. The fraction of sp³-hybridized carbons (Fsp3) is 0.684. The first-order valence-electron chi connectivity index (χ1n) is 8.56. The molecule has 0 saturated heterocycles. The summed E-state index contributed by atoms with van der Waals surface area (Å²) in [5.41, 5.74) is 2.82. The maximum Gasteiger partial charge on any atom is 0.0449 e. The molecule has 0 amide bonds. The lowest BCUT2D eigenvalue weighted by Crippen LogP contribution is -2.38. The molecule has 1 rings (SSSR count). The van der Waals surface area contributed by atoms with Crippen LogP contribution in [0.5, 0.6) is 0 Å². The van der Waals surface area contributed by atoms with E-state index in [0.717, 1.165) is 13.1 Å². The number of nitrogens with zero attached hydrogens (tertiary/aromatic N) is 1. The van der Waals surface area contributed by atoms with Crippen LogP contribution in [0.2, 0.25) is 0 Å². The maximum atomic E-state index is 3.64. The van der Waals surface area contributed by atoms with Gasteiger partial charge in [-0.15, -0.1) is 0 Å². The normalized spacial score (nSPS) is 13.4. The van der Waals surface area contributed by atoms with Crippen molar-refractivity contribution in [3.05, 3.63) is 35.4 Å². The largest absolute Gasteiger partial charge is 0.309 e. The Morgan fingerprint density at radius 3 is 1.90 bits per heavy atom. The molecule has 120 valence electrons. The number of rotatable bonds is 9. The van der Waals surface area contributed by atoms with Gasteiger partial charge in [0.1, 0.15) is 0 Å². The van der Waals surface area contributed by atoms with Gasteiger partial charge in [-0.25, -0.2) is 0 Å². The van der Waals surface area contributed by atoms with E-state index in [4.69, 9.17) is 0 Å². The average Bonchev–Trinajstić information content (AvgIpc) is 2.48. The number of benzene rings is 1. The molecule has 0 heterocycles. The summed E-state index contributed by atoms with van der Waals surface area (Å²) in [6.45, 7) is 13.3. The summed E-state index contributed by atoms with van der Waals surface area (Å²) in [5, 5.41) is 3.64. The standard InChI is InChI=1S/C19H34N2/c1-7-18(8-2)21(6)14-19(20-9-3)17-12-10-16(11-13-17)15(4)5/h10-13,15,18-20H,7-9,14H2,1-6H3. The molecule has 1 aromatic carbocycles. The van der Waals surface area contributed by atoms with Gasteiger partial charge < -0.3 is 10.2 Å². The maximum absolute atomic E-state index is 3.64. The summed E-state index contributed by atoms with van der Waals surface area (Å²) in [6, 6.07) is 10.2. The molecular weight excluding hydrogens is 256 g/mol. The molecule has 0 aliphatic carbocycles. The third-order valence-electron chi connectivity index (χ3n) is 4.49. The van der Waals surface area contributed by atoms with Crippen molar-refractivity contribution >= 4 is 0 Å². The van der Waals surface area contributed by atoms with E-state index in [1.807, 2.05) is 0 Å². The molecule has 21 heavy (non-hydrogen) atoms. The Hall–Kier alpha value is -0.860. The zero-order chi connectivity index (χ0) is 15.8. The molecule has 0 aliphatic heterocycles. The van der Waals surface area contributed by atoms with Gasteiger partial charge in [-0.2, -0.15) is 0 Å². The van der Waals surface area contributed by atoms with Gasteiger partial charge in [0.25, 0.3) is 0 Å². The SMILES string of the molecule is CCNC(CN(C)C(CC)CC)c1ccc(C(C)C)cc1. The molecule has 0 bridgehead atoms. The second-order valence-corrected chi connectivity index (χ2v) is 6.34. The molecule has 0 aliphatic rings. The highest BCUT2D eigenvalue weighted by Crippen LogP contribution is 2.20. The first-order chi connectivity index (χ1) is 10.0. The highest BCUT2D eigenvalue weighted by molar-refractivity contribution is 5.27. The quantitative estimate of drug-likeness (QED) is 0.716. The number of hydrogen-bond acceptors (Lipinski definition) is 2. The molecule has 1 unspecified atom stereocenters. The molecule has 0 saturated carbocycles. The van der Waals surface area contributed by atoms with E-state index >= 15 is 0 Å². The summed E-state index contributed by atoms with van der Waals surface area (Å²) in [7, 11) is 2.25. The summed E-state index contributed by atoms with van der Waals surface area (Å²) in [5.74, 6) is 0.601. The molecule has 1 aromatic rings. The zero-order valence-corrected chi connectivity index (χ0v) is 14.8. The van der Waals surface area contributed by atoms with Crippen LogP contribution in [0.4, 0.5) is 0 Å². The van der Waals surface area contributed by atoms with E-state index < -0.39 is 0 Å². The first kappa shape index (κ1) is 18.2. The second-order valence-electron chi connectivity index (χ2n) is 6.34. The third kappa shape index (κ3) is 5.44. The van der Waals surface area contributed by atoms with E-state index in [1.165, 1.54) is 24.0 Å². The van der Waals surface area contributed by atoms with Gasteiger partial charge in [-0.05, 0) is 43.5 Å². The van der Waals surface area contributed by atoms with Crippen molar-refractivity contribution in [3.63, 3.8) is 0 Å². The zero-order valence-electron chi connectivity index (χ0n) is 14.8. The van der Waals surface area contributed by atoms with Gasteiger partial charge in [0.05, 0.1) is 0 Å². The molecule has 2 heteroatoms. The number of nitrogens with one attached hydrogen (secondary N) is 1. The average molecular weight is 290 g/mol. The van der Waals surface area contributed by atoms with E-state index in [2.05, 4.69) is 76.1 Å². The minimum absolute atomic E-state index is 0.418. The van der Waals surface area contributed by atoms with Crippen molar-refractivity contribution < 1.29 is 0 Å². The molecular formula is C19H34N2. The van der Waals surface area contributed by atoms with Gasteiger partial charge in [-0.1, -0.05) is 58.9 Å². The molecule has 0 fully saturated rings. The smallest absolute Gasteiger partial charge is 0.0449 e. The van der Waals surface area contributed by atoms with Crippen molar-refractivity contribution in [2.24, 2.45) is 0 Å². The van der Waals surface area contributed by atoms with Crippen molar-refractivity contribution in [3.8, 4) is 0 Å². The van der Waals surface area contributed by atoms with Crippen LogP contribution in [0, 0.1) is 0 Å². The summed E-state index contributed by atoms with van der Waals surface area (Å²) in [4.78, 5) is 2.50. The second kappa shape index (κ2) is 9.22. The van der Waals surface area contributed by atoms with Crippen LogP contribution in [-0.4, -0.2) is 31.1 Å². The van der Waals surface area contributed by atoms with Crippen LogP contribution in [0.3, 0.4) is 0 Å². The Morgan fingerprint density at radius 1 is 0.952 bits per heavy atom. The molecule has 1 atom stereocenters. The van der Waals surface area contributed by atoms with Crippen LogP contribution in [0.1, 0.15) is 70.5 Å². The van der Waals surface area contributed by atoms with Gasteiger partial charge in [0.2, 0.25) is 0 Å². The van der Waals surface area contributed by atoms with E-state index in [0.29, 0.717) is 18.0 Å². The fourth-order valence-electron chi connectivity index (χ4n) is 3.00. The predicted molar refractivity (Wildman–Crippen MR) is 93.9 cm³/mol.